The van der Waals surface area contributed by atoms with Gasteiger partial charge in [0.25, 0.3) is 0 Å². The van der Waals surface area contributed by atoms with E-state index in [9.17, 15) is 0 Å². The molecule has 0 bridgehead atoms. The Kier molecular flexibility index (Phi) is 6.06. The molecule has 3 heteroatoms. The highest BCUT2D eigenvalue weighted by atomic mass is 79.9. The Bertz CT molecular complexity index is 154. The zero-order chi connectivity index (χ0) is 10.4. The van der Waals surface area contributed by atoms with Crippen LogP contribution in [0.15, 0.2) is 0 Å². The molecule has 0 aromatic carbocycles. The van der Waals surface area contributed by atoms with Crippen LogP contribution in [0.3, 0.4) is 0 Å². The van der Waals surface area contributed by atoms with Crippen LogP contribution in [0.25, 0.3) is 0 Å². The first-order valence-corrected chi connectivity index (χ1v) is 6.59. The highest BCUT2D eigenvalue weighted by Crippen LogP contribution is 2.23. The summed E-state index contributed by atoms with van der Waals surface area (Å²) in [6.45, 7) is 9.79. The quantitative estimate of drug-likeness (QED) is 0.559. The maximum absolute atomic E-state index is 5.33. The van der Waals surface area contributed by atoms with E-state index in [1.54, 1.807) is 0 Å². The summed E-state index contributed by atoms with van der Waals surface area (Å²) < 4.78 is 5.33. The number of rotatable bonds is 5. The molecule has 0 amide bonds. The van der Waals surface area contributed by atoms with Gasteiger partial charge in [0.15, 0.2) is 0 Å². The maximum atomic E-state index is 5.33. The highest BCUT2D eigenvalue weighted by molar-refractivity contribution is 9.09. The van der Waals surface area contributed by atoms with E-state index in [1.807, 2.05) is 0 Å². The van der Waals surface area contributed by atoms with E-state index in [4.69, 9.17) is 4.74 Å². The number of nitrogens with zero attached hydrogens (tertiary/aromatic N) is 1. The van der Waals surface area contributed by atoms with Crippen LogP contribution in [-0.2, 0) is 4.74 Å². The van der Waals surface area contributed by atoms with Crippen LogP contribution >= 0.6 is 15.9 Å². The lowest BCUT2D eigenvalue weighted by molar-refractivity contribution is 0.124. The summed E-state index contributed by atoms with van der Waals surface area (Å²) in [6, 6.07) is 0. The molecule has 0 aliphatic carbocycles. The van der Waals surface area contributed by atoms with E-state index in [2.05, 4.69) is 34.7 Å². The Morgan fingerprint density at radius 3 is 2.93 bits per heavy atom. The Hall–Kier alpha value is 0.400. The number of alkyl halides is 1. The van der Waals surface area contributed by atoms with Crippen molar-refractivity contribution in [2.24, 2.45) is 5.92 Å². The van der Waals surface area contributed by atoms with Crippen molar-refractivity contribution < 1.29 is 4.74 Å². The van der Waals surface area contributed by atoms with Crippen LogP contribution in [0.2, 0.25) is 0 Å². The van der Waals surface area contributed by atoms with Gasteiger partial charge in [0.1, 0.15) is 0 Å². The summed E-state index contributed by atoms with van der Waals surface area (Å²) >= 11 is 3.74. The van der Waals surface area contributed by atoms with Crippen molar-refractivity contribution in [1.29, 1.82) is 0 Å². The second-order valence-corrected chi connectivity index (χ2v) is 5.31. The Morgan fingerprint density at radius 2 is 2.29 bits per heavy atom. The highest BCUT2D eigenvalue weighted by Gasteiger charge is 2.23. The summed E-state index contributed by atoms with van der Waals surface area (Å²) in [5.74, 6) is 0.832. The third-order valence-corrected chi connectivity index (χ3v) is 4.11. The Balaban J connectivity index is 2.07. The molecule has 1 heterocycles. The summed E-state index contributed by atoms with van der Waals surface area (Å²) in [4.78, 5) is 3.22. The van der Waals surface area contributed by atoms with Crippen molar-refractivity contribution in [3.05, 3.63) is 0 Å². The molecule has 0 saturated carbocycles. The van der Waals surface area contributed by atoms with Gasteiger partial charge in [-0.3, -0.25) is 0 Å². The average molecular weight is 264 g/mol. The zero-order valence-corrected chi connectivity index (χ0v) is 10.9. The van der Waals surface area contributed by atoms with Crippen molar-refractivity contribution in [2.75, 3.05) is 32.8 Å². The normalized spacial score (nSPS) is 29.4. The van der Waals surface area contributed by atoms with E-state index >= 15 is 0 Å². The van der Waals surface area contributed by atoms with Gasteiger partial charge in [-0.1, -0.05) is 22.9 Å². The molecule has 84 valence electrons. The first-order valence-electron chi connectivity index (χ1n) is 5.68. The second kappa shape index (κ2) is 6.81. The Labute approximate surface area is 96.1 Å². The van der Waals surface area contributed by atoms with E-state index in [1.165, 1.54) is 32.5 Å². The standard InChI is InChI=1S/C11H22BrNO/c1-3-14-8-4-6-13-7-5-10(2)11(12)9-13/h10-11H,3-9H2,1-2H3. The number of hydrogen-bond acceptors (Lipinski definition) is 2. The molecule has 0 aromatic rings. The van der Waals surface area contributed by atoms with Gasteiger partial charge >= 0.3 is 0 Å². The first-order chi connectivity index (χ1) is 6.74. The van der Waals surface area contributed by atoms with Gasteiger partial charge in [-0.15, -0.1) is 0 Å². The second-order valence-electron chi connectivity index (χ2n) is 4.13. The molecule has 2 nitrogen and oxygen atoms in total. The molecule has 0 aromatic heterocycles. The van der Waals surface area contributed by atoms with Crippen LogP contribution < -0.4 is 0 Å². The van der Waals surface area contributed by atoms with E-state index in [-0.39, 0.29) is 0 Å². The number of halogens is 1. The number of piperidine rings is 1. The molecule has 2 unspecified atom stereocenters. The molecule has 2 atom stereocenters. The van der Waals surface area contributed by atoms with E-state index < -0.39 is 0 Å². The van der Waals surface area contributed by atoms with Crippen molar-refractivity contribution >= 4 is 15.9 Å². The molecule has 0 N–H and O–H groups in total. The van der Waals surface area contributed by atoms with E-state index in [0.29, 0.717) is 4.83 Å². The SMILES string of the molecule is CCOCCCN1CCC(C)C(Br)C1. The van der Waals surface area contributed by atoms with Crippen LogP contribution in [0, 0.1) is 5.92 Å². The van der Waals surface area contributed by atoms with Crippen LogP contribution in [0.1, 0.15) is 26.7 Å². The van der Waals surface area contributed by atoms with E-state index in [0.717, 1.165) is 19.1 Å². The number of likely N-dealkylation sites (tertiary alicyclic amines) is 1. The fourth-order valence-electron chi connectivity index (χ4n) is 1.82. The molecular formula is C11H22BrNO. The molecular weight excluding hydrogens is 242 g/mol. The minimum atomic E-state index is 0.684. The third kappa shape index (κ3) is 4.28. The molecule has 1 rings (SSSR count). The molecule has 0 spiro atoms. The smallest absolute Gasteiger partial charge is 0.0478 e. The van der Waals surface area contributed by atoms with Gasteiger partial charge in [-0.05, 0) is 32.2 Å². The van der Waals surface area contributed by atoms with Crippen molar-refractivity contribution in [3.63, 3.8) is 0 Å². The lowest BCUT2D eigenvalue weighted by Crippen LogP contribution is -2.40. The largest absolute Gasteiger partial charge is 0.382 e. The van der Waals surface area contributed by atoms with Gasteiger partial charge in [0.05, 0.1) is 0 Å². The van der Waals surface area contributed by atoms with Crippen molar-refractivity contribution in [1.82, 2.24) is 4.90 Å². The Morgan fingerprint density at radius 1 is 1.50 bits per heavy atom. The summed E-state index contributed by atoms with van der Waals surface area (Å²) in [5.41, 5.74) is 0. The number of hydrogen-bond donors (Lipinski definition) is 0. The van der Waals surface area contributed by atoms with Gasteiger partial charge in [-0.2, -0.15) is 0 Å². The average Bonchev–Trinajstić information content (AvgIpc) is 2.18. The van der Waals surface area contributed by atoms with Gasteiger partial charge in [-0.25, -0.2) is 0 Å². The third-order valence-electron chi connectivity index (χ3n) is 2.92. The molecule has 14 heavy (non-hydrogen) atoms. The predicted octanol–water partition coefficient (Wildman–Crippen LogP) is 2.52. The zero-order valence-electron chi connectivity index (χ0n) is 9.34. The van der Waals surface area contributed by atoms with Gasteiger partial charge in [0.2, 0.25) is 0 Å². The van der Waals surface area contributed by atoms with Gasteiger partial charge < -0.3 is 9.64 Å². The monoisotopic (exact) mass is 263 g/mol. The maximum Gasteiger partial charge on any atom is 0.0478 e. The lowest BCUT2D eigenvalue weighted by Gasteiger charge is -2.34. The fourth-order valence-corrected chi connectivity index (χ4v) is 2.50. The van der Waals surface area contributed by atoms with Gasteiger partial charge in [0, 0.05) is 31.1 Å². The van der Waals surface area contributed by atoms with Crippen LogP contribution in [0.4, 0.5) is 0 Å². The first kappa shape index (κ1) is 12.5. The fraction of sp³-hybridized carbons (Fsp3) is 1.00. The summed E-state index contributed by atoms with van der Waals surface area (Å²) in [6.07, 6.45) is 2.49. The minimum absolute atomic E-state index is 0.684. The predicted molar refractivity (Wildman–Crippen MR) is 64.0 cm³/mol. The topological polar surface area (TPSA) is 12.5 Å². The minimum Gasteiger partial charge on any atom is -0.382 e. The van der Waals surface area contributed by atoms with Crippen LogP contribution in [-0.4, -0.2) is 42.6 Å². The molecule has 1 aliphatic rings. The van der Waals surface area contributed by atoms with Crippen molar-refractivity contribution in [2.45, 2.75) is 31.5 Å². The lowest BCUT2D eigenvalue weighted by atomic mass is 9.99. The molecule has 1 saturated heterocycles. The van der Waals surface area contributed by atoms with Crippen LogP contribution in [0.5, 0.6) is 0 Å². The molecule has 1 fully saturated rings. The molecule has 1 aliphatic heterocycles. The molecule has 0 radical (unpaired) electrons. The van der Waals surface area contributed by atoms with Crippen molar-refractivity contribution in [3.8, 4) is 0 Å². The summed E-state index contributed by atoms with van der Waals surface area (Å²) in [7, 11) is 0. The number of ether oxygens (including phenoxy) is 1. The summed E-state index contributed by atoms with van der Waals surface area (Å²) in [5, 5.41) is 0.